The first kappa shape index (κ1) is 16.4. The average molecular weight is 270 g/mol. The van der Waals surface area contributed by atoms with Gasteiger partial charge in [0.25, 0.3) is 0 Å². The lowest BCUT2D eigenvalue weighted by Crippen LogP contribution is -2.40. The molecule has 0 bridgehead atoms. The van der Waals surface area contributed by atoms with E-state index in [0.717, 1.165) is 38.8 Å². The quantitative estimate of drug-likeness (QED) is 0.499. The fourth-order valence-corrected chi connectivity index (χ4v) is 2.40. The number of unbranched alkanes of at least 4 members (excludes halogenated alkanes) is 1. The first-order chi connectivity index (χ1) is 9.33. The van der Waals surface area contributed by atoms with E-state index in [4.69, 9.17) is 4.74 Å². The van der Waals surface area contributed by atoms with Gasteiger partial charge in [-0.2, -0.15) is 0 Å². The monoisotopic (exact) mass is 270 g/mol. The zero-order valence-electron chi connectivity index (χ0n) is 12.4. The molecule has 2 N–H and O–H groups in total. The van der Waals surface area contributed by atoms with Crippen LogP contribution >= 0.6 is 0 Å². The van der Waals surface area contributed by atoms with Crippen molar-refractivity contribution in [3.63, 3.8) is 0 Å². The highest BCUT2D eigenvalue weighted by atomic mass is 16.5. The molecular weight excluding hydrogens is 240 g/mol. The summed E-state index contributed by atoms with van der Waals surface area (Å²) in [5.74, 6) is 0.125. The van der Waals surface area contributed by atoms with E-state index in [1.54, 1.807) is 0 Å². The van der Waals surface area contributed by atoms with E-state index in [1.165, 1.54) is 25.7 Å². The van der Waals surface area contributed by atoms with Crippen LogP contribution in [0.15, 0.2) is 0 Å². The number of rotatable bonds is 9. The van der Waals surface area contributed by atoms with Gasteiger partial charge in [-0.15, -0.1) is 0 Å². The molecule has 0 radical (unpaired) electrons. The van der Waals surface area contributed by atoms with Crippen molar-refractivity contribution in [3.8, 4) is 0 Å². The van der Waals surface area contributed by atoms with Crippen LogP contribution in [0.1, 0.15) is 58.3 Å². The predicted octanol–water partition coefficient (Wildman–Crippen LogP) is 2.23. The maximum absolute atomic E-state index is 11.7. The Morgan fingerprint density at radius 1 is 1.16 bits per heavy atom. The second kappa shape index (κ2) is 11.2. The summed E-state index contributed by atoms with van der Waals surface area (Å²) in [6, 6.07) is 0.401. The second-order valence-electron chi connectivity index (χ2n) is 5.40. The van der Waals surface area contributed by atoms with Gasteiger partial charge < -0.3 is 15.4 Å². The summed E-state index contributed by atoms with van der Waals surface area (Å²) in [6.07, 6.45) is 9.71. The van der Waals surface area contributed by atoms with Gasteiger partial charge in [-0.1, -0.05) is 39.0 Å². The first-order valence-electron chi connectivity index (χ1n) is 7.90. The predicted molar refractivity (Wildman–Crippen MR) is 78.2 cm³/mol. The molecule has 1 rings (SSSR count). The molecule has 0 aromatic rings. The smallest absolute Gasteiger partial charge is 0.234 e. The van der Waals surface area contributed by atoms with Gasteiger partial charge in [0, 0.05) is 19.2 Å². The van der Waals surface area contributed by atoms with Gasteiger partial charge in [0.15, 0.2) is 0 Å². The molecule has 4 heteroatoms. The first-order valence-corrected chi connectivity index (χ1v) is 7.90. The molecule has 112 valence electrons. The molecule has 0 spiro atoms. The van der Waals surface area contributed by atoms with Gasteiger partial charge in [-0.05, 0) is 19.3 Å². The molecule has 19 heavy (non-hydrogen) atoms. The Labute approximate surface area is 117 Å². The molecule has 0 heterocycles. The summed E-state index contributed by atoms with van der Waals surface area (Å²) >= 11 is 0. The van der Waals surface area contributed by atoms with E-state index in [9.17, 15) is 4.79 Å². The van der Waals surface area contributed by atoms with Crippen LogP contribution in [-0.2, 0) is 9.53 Å². The van der Waals surface area contributed by atoms with Crippen molar-refractivity contribution in [2.45, 2.75) is 64.3 Å². The number of hydrogen-bond donors (Lipinski definition) is 2. The Kier molecular flexibility index (Phi) is 9.72. The van der Waals surface area contributed by atoms with Crippen LogP contribution in [0.5, 0.6) is 0 Å². The van der Waals surface area contributed by atoms with Crippen molar-refractivity contribution in [2.75, 3.05) is 26.3 Å². The molecule has 0 saturated heterocycles. The number of carbonyl (C=O) groups is 1. The van der Waals surface area contributed by atoms with Crippen molar-refractivity contribution in [1.29, 1.82) is 0 Å². The highest BCUT2D eigenvalue weighted by Crippen LogP contribution is 2.16. The molecule has 1 amide bonds. The van der Waals surface area contributed by atoms with Crippen LogP contribution in [0.4, 0.5) is 0 Å². The lowest BCUT2D eigenvalue weighted by atomic mass is 10.1. The molecule has 0 unspecified atom stereocenters. The zero-order chi connectivity index (χ0) is 13.8. The van der Waals surface area contributed by atoms with E-state index in [-0.39, 0.29) is 5.91 Å². The van der Waals surface area contributed by atoms with E-state index >= 15 is 0 Å². The second-order valence-corrected chi connectivity index (χ2v) is 5.40. The minimum Gasteiger partial charge on any atom is -0.380 e. The van der Waals surface area contributed by atoms with Gasteiger partial charge >= 0.3 is 0 Å². The number of carbonyl (C=O) groups excluding carboxylic acids is 1. The average Bonchev–Trinajstić information content (AvgIpc) is 2.66. The van der Waals surface area contributed by atoms with Crippen LogP contribution < -0.4 is 10.6 Å². The molecule has 0 atom stereocenters. The summed E-state index contributed by atoms with van der Waals surface area (Å²) in [7, 11) is 0. The Balaban J connectivity index is 1.95. The molecule has 1 aliphatic rings. The van der Waals surface area contributed by atoms with Crippen LogP contribution in [0.3, 0.4) is 0 Å². The SMILES string of the molecule is CCCCOCCNCC(=O)NC1CCCCCC1. The van der Waals surface area contributed by atoms with Gasteiger partial charge in [-0.3, -0.25) is 4.79 Å². The molecule has 1 aliphatic carbocycles. The van der Waals surface area contributed by atoms with Crippen molar-refractivity contribution in [2.24, 2.45) is 0 Å². The maximum atomic E-state index is 11.7. The van der Waals surface area contributed by atoms with E-state index in [0.29, 0.717) is 19.2 Å². The number of amides is 1. The normalized spacial score (nSPS) is 17.1. The summed E-state index contributed by atoms with van der Waals surface area (Å²) in [6.45, 7) is 4.83. The third-order valence-corrected chi connectivity index (χ3v) is 3.57. The van der Waals surface area contributed by atoms with Crippen LogP contribution in [0.25, 0.3) is 0 Å². The Morgan fingerprint density at radius 2 is 1.89 bits per heavy atom. The molecule has 1 saturated carbocycles. The van der Waals surface area contributed by atoms with Crippen LogP contribution in [0.2, 0.25) is 0 Å². The molecule has 0 aliphatic heterocycles. The van der Waals surface area contributed by atoms with E-state index in [2.05, 4.69) is 17.6 Å². The van der Waals surface area contributed by atoms with Crippen LogP contribution in [0, 0.1) is 0 Å². The Hall–Kier alpha value is -0.610. The molecule has 4 nitrogen and oxygen atoms in total. The van der Waals surface area contributed by atoms with Gasteiger partial charge in [0.2, 0.25) is 5.91 Å². The Bertz CT molecular complexity index is 226. The van der Waals surface area contributed by atoms with Crippen LogP contribution in [-0.4, -0.2) is 38.3 Å². The minimum absolute atomic E-state index is 0.125. The van der Waals surface area contributed by atoms with Gasteiger partial charge in [-0.25, -0.2) is 0 Å². The van der Waals surface area contributed by atoms with E-state index < -0.39 is 0 Å². The van der Waals surface area contributed by atoms with E-state index in [1.807, 2.05) is 0 Å². The number of nitrogens with one attached hydrogen (secondary N) is 2. The molecule has 1 fully saturated rings. The molecule has 0 aromatic heterocycles. The third-order valence-electron chi connectivity index (χ3n) is 3.57. The lowest BCUT2D eigenvalue weighted by molar-refractivity contribution is -0.121. The maximum Gasteiger partial charge on any atom is 0.234 e. The van der Waals surface area contributed by atoms with Crippen molar-refractivity contribution >= 4 is 5.91 Å². The summed E-state index contributed by atoms with van der Waals surface area (Å²) < 4.78 is 5.43. The zero-order valence-corrected chi connectivity index (χ0v) is 12.4. The fourth-order valence-electron chi connectivity index (χ4n) is 2.40. The third kappa shape index (κ3) is 9.00. The summed E-state index contributed by atoms with van der Waals surface area (Å²) in [4.78, 5) is 11.7. The van der Waals surface area contributed by atoms with Crippen molar-refractivity contribution in [1.82, 2.24) is 10.6 Å². The fraction of sp³-hybridized carbons (Fsp3) is 0.933. The topological polar surface area (TPSA) is 50.4 Å². The largest absolute Gasteiger partial charge is 0.380 e. The standard InChI is InChI=1S/C15H30N2O2/c1-2-3-11-19-12-10-16-13-15(18)17-14-8-6-4-5-7-9-14/h14,16H,2-13H2,1H3,(H,17,18). The van der Waals surface area contributed by atoms with Gasteiger partial charge in [0.1, 0.15) is 0 Å². The van der Waals surface area contributed by atoms with Gasteiger partial charge in [0.05, 0.1) is 13.2 Å². The molecular formula is C15H30N2O2. The highest BCUT2D eigenvalue weighted by Gasteiger charge is 2.13. The summed E-state index contributed by atoms with van der Waals surface area (Å²) in [5, 5.41) is 6.26. The number of hydrogen-bond acceptors (Lipinski definition) is 3. The Morgan fingerprint density at radius 3 is 2.58 bits per heavy atom. The highest BCUT2D eigenvalue weighted by molar-refractivity contribution is 5.78. The van der Waals surface area contributed by atoms with Crippen molar-refractivity contribution < 1.29 is 9.53 Å². The lowest BCUT2D eigenvalue weighted by Gasteiger charge is -2.16. The molecule has 0 aromatic carbocycles. The number of ether oxygens (including phenoxy) is 1. The summed E-state index contributed by atoms with van der Waals surface area (Å²) in [5.41, 5.74) is 0. The van der Waals surface area contributed by atoms with Crippen molar-refractivity contribution in [3.05, 3.63) is 0 Å². The minimum atomic E-state index is 0.125.